The molecule has 0 aromatic heterocycles. The molecule has 156 valence electrons. The van der Waals surface area contributed by atoms with E-state index >= 15 is 0 Å². The van der Waals surface area contributed by atoms with Gasteiger partial charge >= 0.3 is 6.03 Å². The van der Waals surface area contributed by atoms with E-state index in [2.05, 4.69) is 10.6 Å². The topological polar surface area (TPSA) is 148 Å². The summed E-state index contributed by atoms with van der Waals surface area (Å²) in [6, 6.07) is 11.5. The van der Waals surface area contributed by atoms with Crippen LogP contribution in [0.5, 0.6) is 5.75 Å². The van der Waals surface area contributed by atoms with Crippen LogP contribution in [0.2, 0.25) is 0 Å². The normalized spacial score (nSPS) is 22.7. The Labute approximate surface area is 172 Å². The third-order valence-electron chi connectivity index (χ3n) is 5.12. The molecular weight excluding hydrogens is 412 g/mol. The Bertz CT molecular complexity index is 1160. The van der Waals surface area contributed by atoms with Gasteiger partial charge in [-0.3, -0.25) is 14.9 Å². The maximum absolute atomic E-state index is 13.0. The lowest BCUT2D eigenvalue weighted by Crippen LogP contribution is -2.56. The number of rotatable bonds is 3. The van der Waals surface area contributed by atoms with Crippen LogP contribution in [0.1, 0.15) is 17.5 Å². The fourth-order valence-corrected chi connectivity index (χ4v) is 4.61. The molecule has 2 aromatic carbocycles. The molecule has 2 aliphatic heterocycles. The predicted molar refractivity (Wildman–Crippen MR) is 103 cm³/mol. The zero-order valence-corrected chi connectivity index (χ0v) is 16.6. The molecule has 4 rings (SSSR count). The van der Waals surface area contributed by atoms with Crippen molar-refractivity contribution in [2.24, 2.45) is 5.84 Å². The number of para-hydroxylation sites is 1. The number of aryl methyl sites for hydroxylation is 1. The molecule has 0 radical (unpaired) electrons. The second-order valence-corrected chi connectivity index (χ2v) is 8.89. The number of fused-ring (bicyclic) bond motifs is 2. The molecule has 10 nitrogen and oxygen atoms in total. The number of nitrogens with two attached hydrogens (primary N) is 1. The van der Waals surface area contributed by atoms with Crippen molar-refractivity contribution in [3.63, 3.8) is 0 Å². The van der Waals surface area contributed by atoms with Crippen LogP contribution < -0.4 is 21.2 Å². The van der Waals surface area contributed by atoms with Gasteiger partial charge in [0.2, 0.25) is 0 Å². The first-order chi connectivity index (χ1) is 14.1. The SMILES string of the molecule is Cc1ccc(S(=O)(=O)N(N)C(=O)C2CC3(NC(=O)NC3=O)c3ccccc3O2)cc1. The summed E-state index contributed by atoms with van der Waals surface area (Å²) in [5, 5.41) is 4.68. The van der Waals surface area contributed by atoms with Crippen molar-refractivity contribution < 1.29 is 27.5 Å². The molecule has 11 heteroatoms. The van der Waals surface area contributed by atoms with Crippen LogP contribution in [0.15, 0.2) is 53.4 Å². The fraction of sp³-hybridized carbons (Fsp3) is 0.211. The number of hydrogen-bond acceptors (Lipinski definition) is 7. The van der Waals surface area contributed by atoms with Crippen molar-refractivity contribution in [2.75, 3.05) is 0 Å². The predicted octanol–water partition coefficient (Wildman–Crippen LogP) is 0.272. The lowest BCUT2D eigenvalue weighted by Gasteiger charge is -2.37. The first kappa shape index (κ1) is 19.9. The van der Waals surface area contributed by atoms with E-state index < -0.39 is 39.5 Å². The smallest absolute Gasteiger partial charge is 0.322 e. The van der Waals surface area contributed by atoms with Gasteiger partial charge in [0.15, 0.2) is 11.6 Å². The van der Waals surface area contributed by atoms with Crippen molar-refractivity contribution in [1.29, 1.82) is 0 Å². The minimum atomic E-state index is -4.35. The molecule has 1 spiro atoms. The third-order valence-corrected chi connectivity index (χ3v) is 6.69. The number of amides is 4. The molecule has 2 aromatic rings. The maximum Gasteiger partial charge on any atom is 0.322 e. The van der Waals surface area contributed by atoms with Crippen molar-refractivity contribution in [3.05, 3.63) is 59.7 Å². The van der Waals surface area contributed by atoms with Crippen LogP contribution in [0, 0.1) is 6.92 Å². The summed E-state index contributed by atoms with van der Waals surface area (Å²) >= 11 is 0. The highest BCUT2D eigenvalue weighted by Gasteiger charge is 2.55. The van der Waals surface area contributed by atoms with Crippen molar-refractivity contribution >= 4 is 27.9 Å². The zero-order valence-electron chi connectivity index (χ0n) is 15.8. The number of nitrogens with one attached hydrogen (secondary N) is 2. The van der Waals surface area contributed by atoms with Gasteiger partial charge in [0.1, 0.15) is 5.75 Å². The third kappa shape index (κ3) is 2.99. The average molecular weight is 430 g/mol. The number of ether oxygens (including phenoxy) is 1. The molecule has 2 aliphatic rings. The van der Waals surface area contributed by atoms with Crippen molar-refractivity contribution in [2.45, 2.75) is 29.9 Å². The van der Waals surface area contributed by atoms with E-state index in [1.54, 1.807) is 37.3 Å². The van der Waals surface area contributed by atoms with Crippen LogP contribution in [-0.4, -0.2) is 36.8 Å². The molecule has 1 fully saturated rings. The maximum atomic E-state index is 13.0. The lowest BCUT2D eigenvalue weighted by atomic mass is 9.81. The number of hydrazine groups is 1. The molecule has 2 heterocycles. The number of benzene rings is 2. The summed E-state index contributed by atoms with van der Waals surface area (Å²) < 4.78 is 31.3. The molecule has 2 atom stereocenters. The van der Waals surface area contributed by atoms with Crippen LogP contribution in [0.25, 0.3) is 0 Å². The van der Waals surface area contributed by atoms with E-state index in [1.807, 2.05) is 0 Å². The minimum Gasteiger partial charge on any atom is -0.480 e. The summed E-state index contributed by atoms with van der Waals surface area (Å²) in [4.78, 5) is 37.2. The van der Waals surface area contributed by atoms with Crippen molar-refractivity contribution in [1.82, 2.24) is 15.0 Å². The number of carbonyl (C=O) groups excluding carboxylic acids is 3. The number of carbonyl (C=O) groups is 3. The van der Waals surface area contributed by atoms with Gasteiger partial charge in [-0.25, -0.2) is 10.6 Å². The highest BCUT2D eigenvalue weighted by Crippen LogP contribution is 2.41. The zero-order chi connectivity index (χ0) is 21.7. The highest BCUT2D eigenvalue weighted by molar-refractivity contribution is 7.89. The number of urea groups is 1. The van der Waals surface area contributed by atoms with E-state index in [1.165, 1.54) is 18.2 Å². The summed E-state index contributed by atoms with van der Waals surface area (Å²) in [5.74, 6) is 4.13. The molecule has 4 amide bonds. The Kier molecular flexibility index (Phi) is 4.51. The van der Waals surface area contributed by atoms with E-state index in [0.29, 0.717) is 5.56 Å². The molecule has 4 N–H and O–H groups in total. The molecule has 0 aliphatic carbocycles. The monoisotopic (exact) mass is 430 g/mol. The minimum absolute atomic E-state index is 0.110. The van der Waals surface area contributed by atoms with Gasteiger partial charge in [-0.15, -0.1) is 0 Å². The Hall–Kier alpha value is -3.44. The molecule has 0 saturated carbocycles. The Morgan fingerprint density at radius 3 is 2.47 bits per heavy atom. The summed E-state index contributed by atoms with van der Waals surface area (Å²) in [5.41, 5.74) is -0.371. The lowest BCUT2D eigenvalue weighted by molar-refractivity contribution is -0.137. The van der Waals surface area contributed by atoms with Crippen LogP contribution >= 0.6 is 0 Å². The van der Waals surface area contributed by atoms with Gasteiger partial charge in [-0.05, 0) is 25.1 Å². The number of sulfonamides is 1. The highest BCUT2D eigenvalue weighted by atomic mass is 32.2. The molecule has 30 heavy (non-hydrogen) atoms. The quantitative estimate of drug-likeness (QED) is 0.274. The van der Waals surface area contributed by atoms with E-state index in [4.69, 9.17) is 10.6 Å². The van der Waals surface area contributed by atoms with Gasteiger partial charge in [0, 0.05) is 12.0 Å². The first-order valence-corrected chi connectivity index (χ1v) is 10.4. The van der Waals surface area contributed by atoms with Gasteiger partial charge in [-0.1, -0.05) is 35.9 Å². The van der Waals surface area contributed by atoms with Gasteiger partial charge in [0.25, 0.3) is 21.8 Å². The Morgan fingerprint density at radius 2 is 1.83 bits per heavy atom. The van der Waals surface area contributed by atoms with E-state index in [0.717, 1.165) is 5.56 Å². The largest absolute Gasteiger partial charge is 0.480 e. The summed E-state index contributed by atoms with van der Waals surface area (Å²) in [6.07, 6.45) is -1.74. The fourth-order valence-electron chi connectivity index (χ4n) is 3.55. The van der Waals surface area contributed by atoms with E-state index in [9.17, 15) is 22.8 Å². The average Bonchev–Trinajstić information content (AvgIpc) is 3.00. The van der Waals surface area contributed by atoms with Crippen LogP contribution in [0.4, 0.5) is 4.79 Å². The van der Waals surface area contributed by atoms with Crippen LogP contribution in [0.3, 0.4) is 0 Å². The summed E-state index contributed by atoms with van der Waals surface area (Å²) in [7, 11) is -4.35. The first-order valence-electron chi connectivity index (χ1n) is 8.95. The summed E-state index contributed by atoms with van der Waals surface area (Å²) in [6.45, 7) is 1.79. The molecule has 1 saturated heterocycles. The van der Waals surface area contributed by atoms with Crippen molar-refractivity contribution in [3.8, 4) is 5.75 Å². The molecule has 0 bridgehead atoms. The van der Waals surface area contributed by atoms with Gasteiger partial charge < -0.3 is 10.1 Å². The number of imide groups is 1. The standard InChI is InChI=1S/C19H18N4O6S/c1-11-6-8-12(9-7-11)30(27,28)23(20)16(24)15-10-19(17(25)21-18(26)22-19)13-4-2-3-5-14(13)29-15/h2-9,15H,10,20H2,1H3,(H2,21,22,25,26). The second-order valence-electron chi connectivity index (χ2n) is 7.07. The van der Waals surface area contributed by atoms with Gasteiger partial charge in [0.05, 0.1) is 4.90 Å². The second kappa shape index (κ2) is 6.82. The van der Waals surface area contributed by atoms with Gasteiger partial charge in [-0.2, -0.15) is 12.8 Å². The number of hydrogen-bond donors (Lipinski definition) is 3. The Morgan fingerprint density at radius 1 is 1.17 bits per heavy atom. The van der Waals surface area contributed by atoms with Crippen LogP contribution in [-0.2, 0) is 25.2 Å². The Balaban J connectivity index is 1.69. The molecule has 2 unspecified atom stereocenters. The number of nitrogens with zero attached hydrogens (tertiary/aromatic N) is 1. The molecular formula is C19H18N4O6S. The van der Waals surface area contributed by atoms with E-state index in [-0.39, 0.29) is 21.5 Å².